The Kier molecular flexibility index (Phi) is 7.62. The molecule has 0 unspecified atom stereocenters. The van der Waals surface area contributed by atoms with Crippen LogP contribution in [0.15, 0.2) is 54.2 Å². The summed E-state index contributed by atoms with van der Waals surface area (Å²) >= 11 is 0. The first-order chi connectivity index (χ1) is 14.0. The Morgan fingerprint density at radius 3 is 2.41 bits per heavy atom. The van der Waals surface area contributed by atoms with E-state index in [4.69, 9.17) is 14.2 Å². The molecule has 2 aromatic carbocycles. The third kappa shape index (κ3) is 5.74. The molecule has 2 rings (SSSR count). The molecule has 2 N–H and O–H groups in total. The maximum Gasteiger partial charge on any atom is 0.338 e. The van der Waals surface area contributed by atoms with Gasteiger partial charge in [-0.3, -0.25) is 4.79 Å². The topological polar surface area (TPSA) is 110 Å². The molecule has 0 saturated carbocycles. The molecule has 1 amide bonds. The number of amides is 1. The van der Waals surface area contributed by atoms with E-state index >= 15 is 0 Å². The van der Waals surface area contributed by atoms with E-state index < -0.39 is 11.9 Å². The van der Waals surface area contributed by atoms with Gasteiger partial charge in [0.1, 0.15) is 23.1 Å². The van der Waals surface area contributed by atoms with E-state index in [1.807, 2.05) is 6.07 Å². The minimum Gasteiger partial charge on any atom is -0.497 e. The van der Waals surface area contributed by atoms with Crippen LogP contribution in [0.2, 0.25) is 0 Å². The molecule has 150 valence electrons. The van der Waals surface area contributed by atoms with E-state index in [0.717, 1.165) is 0 Å². The van der Waals surface area contributed by atoms with E-state index in [1.165, 1.54) is 20.4 Å². The van der Waals surface area contributed by atoms with Crippen LogP contribution in [0.3, 0.4) is 0 Å². The van der Waals surface area contributed by atoms with Gasteiger partial charge in [0.15, 0.2) is 0 Å². The van der Waals surface area contributed by atoms with Gasteiger partial charge >= 0.3 is 5.97 Å². The zero-order valence-corrected chi connectivity index (χ0v) is 16.3. The third-order valence-corrected chi connectivity index (χ3v) is 3.80. The van der Waals surface area contributed by atoms with Gasteiger partial charge in [0.05, 0.1) is 32.1 Å². The summed E-state index contributed by atoms with van der Waals surface area (Å²) in [6.45, 7) is 2.02. The standard InChI is InChI=1S/C21H21N3O5/c1-4-29-21(26)14-5-7-16(8-6-14)23-13-15(12-22)20(25)24-18-11-17(27-2)9-10-19(18)28-3/h5-11,13,23H,4H2,1-3H3,(H,24,25)/b15-13-. The second kappa shape index (κ2) is 10.4. The van der Waals surface area contributed by atoms with Crippen molar-refractivity contribution in [2.75, 3.05) is 31.5 Å². The summed E-state index contributed by atoms with van der Waals surface area (Å²) in [5.74, 6) is -0.0732. The number of anilines is 2. The normalized spacial score (nSPS) is 10.5. The number of esters is 1. The molecule has 0 aliphatic rings. The Labute approximate surface area is 168 Å². The molecular weight excluding hydrogens is 374 g/mol. The quantitative estimate of drug-likeness (QED) is 0.401. The largest absolute Gasteiger partial charge is 0.497 e. The molecule has 29 heavy (non-hydrogen) atoms. The predicted molar refractivity (Wildman–Crippen MR) is 108 cm³/mol. The third-order valence-electron chi connectivity index (χ3n) is 3.80. The van der Waals surface area contributed by atoms with E-state index in [2.05, 4.69) is 10.6 Å². The number of methoxy groups -OCH3 is 2. The summed E-state index contributed by atoms with van der Waals surface area (Å²) in [5, 5.41) is 14.8. The Morgan fingerprint density at radius 2 is 1.83 bits per heavy atom. The smallest absolute Gasteiger partial charge is 0.338 e. The lowest BCUT2D eigenvalue weighted by molar-refractivity contribution is -0.112. The van der Waals surface area contributed by atoms with E-state index in [-0.39, 0.29) is 5.57 Å². The van der Waals surface area contributed by atoms with Gasteiger partial charge in [-0.2, -0.15) is 5.26 Å². The van der Waals surface area contributed by atoms with Crippen LogP contribution in [0.5, 0.6) is 11.5 Å². The van der Waals surface area contributed by atoms with Crippen LogP contribution in [0.1, 0.15) is 17.3 Å². The Bertz CT molecular complexity index is 946. The Morgan fingerprint density at radius 1 is 1.10 bits per heavy atom. The number of carbonyl (C=O) groups is 2. The van der Waals surface area contributed by atoms with Crippen molar-refractivity contribution in [2.24, 2.45) is 0 Å². The summed E-state index contributed by atoms with van der Waals surface area (Å²) in [6.07, 6.45) is 1.28. The molecule has 0 aliphatic carbocycles. The van der Waals surface area contributed by atoms with Crippen molar-refractivity contribution in [1.82, 2.24) is 0 Å². The molecule has 8 nitrogen and oxygen atoms in total. The van der Waals surface area contributed by atoms with Crippen molar-refractivity contribution >= 4 is 23.3 Å². The number of benzene rings is 2. The number of hydrogen-bond acceptors (Lipinski definition) is 7. The number of rotatable bonds is 8. The molecule has 0 heterocycles. The van der Waals surface area contributed by atoms with Gasteiger partial charge in [-0.25, -0.2) is 4.79 Å². The van der Waals surface area contributed by atoms with Crippen LogP contribution < -0.4 is 20.1 Å². The monoisotopic (exact) mass is 395 g/mol. The molecule has 0 fully saturated rings. The second-order valence-electron chi connectivity index (χ2n) is 5.63. The maximum atomic E-state index is 12.4. The number of nitrogens with one attached hydrogen (secondary N) is 2. The van der Waals surface area contributed by atoms with Gasteiger partial charge in [-0.05, 0) is 43.3 Å². The first-order valence-electron chi connectivity index (χ1n) is 8.69. The van der Waals surface area contributed by atoms with Crippen molar-refractivity contribution < 1.29 is 23.8 Å². The van der Waals surface area contributed by atoms with Gasteiger partial charge in [0, 0.05) is 18.0 Å². The summed E-state index contributed by atoms with van der Waals surface area (Å²) < 4.78 is 15.3. The second-order valence-corrected chi connectivity index (χ2v) is 5.63. The fourth-order valence-electron chi connectivity index (χ4n) is 2.32. The fourth-order valence-corrected chi connectivity index (χ4v) is 2.32. The van der Waals surface area contributed by atoms with E-state index in [9.17, 15) is 14.9 Å². The highest BCUT2D eigenvalue weighted by Crippen LogP contribution is 2.29. The number of nitriles is 1. The fraction of sp³-hybridized carbons (Fsp3) is 0.190. The van der Waals surface area contributed by atoms with E-state index in [1.54, 1.807) is 49.4 Å². The average molecular weight is 395 g/mol. The van der Waals surface area contributed by atoms with Crippen molar-refractivity contribution in [1.29, 1.82) is 5.26 Å². The molecule has 0 radical (unpaired) electrons. The minimum atomic E-state index is -0.616. The van der Waals surface area contributed by atoms with Crippen LogP contribution in [-0.2, 0) is 9.53 Å². The number of ether oxygens (including phenoxy) is 3. The molecule has 0 atom stereocenters. The highest BCUT2D eigenvalue weighted by Gasteiger charge is 2.13. The average Bonchev–Trinajstić information content (AvgIpc) is 2.74. The van der Waals surface area contributed by atoms with Gasteiger partial charge in [-0.1, -0.05) is 0 Å². The van der Waals surface area contributed by atoms with Crippen LogP contribution in [0.4, 0.5) is 11.4 Å². The highest BCUT2D eigenvalue weighted by atomic mass is 16.5. The first-order valence-corrected chi connectivity index (χ1v) is 8.69. The summed E-state index contributed by atoms with van der Waals surface area (Å²) in [4.78, 5) is 24.1. The van der Waals surface area contributed by atoms with Crippen molar-refractivity contribution in [3.05, 3.63) is 59.8 Å². The predicted octanol–water partition coefficient (Wildman–Crippen LogP) is 3.34. The van der Waals surface area contributed by atoms with Crippen molar-refractivity contribution in [2.45, 2.75) is 6.92 Å². The number of carbonyl (C=O) groups excluding carboxylic acids is 2. The zero-order chi connectivity index (χ0) is 21.2. The summed E-state index contributed by atoms with van der Waals surface area (Å²) in [6, 6.07) is 13.2. The lowest BCUT2D eigenvalue weighted by atomic mass is 10.2. The number of nitrogens with zero attached hydrogens (tertiary/aromatic N) is 1. The molecule has 8 heteroatoms. The first kappa shape index (κ1) is 21.3. The maximum absolute atomic E-state index is 12.4. The van der Waals surface area contributed by atoms with Crippen LogP contribution in [0.25, 0.3) is 0 Å². The lowest BCUT2D eigenvalue weighted by Gasteiger charge is -2.11. The molecule has 0 bridgehead atoms. The SMILES string of the molecule is CCOC(=O)c1ccc(N/C=C(/C#N)C(=O)Nc2cc(OC)ccc2OC)cc1. The van der Waals surface area contributed by atoms with Gasteiger partial charge in [-0.15, -0.1) is 0 Å². The molecular formula is C21H21N3O5. The number of hydrogen-bond donors (Lipinski definition) is 2. The van der Waals surface area contributed by atoms with Gasteiger partial charge < -0.3 is 24.8 Å². The van der Waals surface area contributed by atoms with E-state index in [0.29, 0.717) is 35.0 Å². The lowest BCUT2D eigenvalue weighted by Crippen LogP contribution is -2.15. The van der Waals surface area contributed by atoms with Crippen LogP contribution >= 0.6 is 0 Å². The Balaban J connectivity index is 2.11. The van der Waals surface area contributed by atoms with Crippen LogP contribution in [0, 0.1) is 11.3 Å². The van der Waals surface area contributed by atoms with Crippen molar-refractivity contribution in [3.8, 4) is 17.6 Å². The van der Waals surface area contributed by atoms with Gasteiger partial charge in [0.2, 0.25) is 0 Å². The molecule has 0 saturated heterocycles. The molecule has 0 spiro atoms. The molecule has 2 aromatic rings. The van der Waals surface area contributed by atoms with Crippen LogP contribution in [-0.4, -0.2) is 32.7 Å². The molecule has 0 aliphatic heterocycles. The van der Waals surface area contributed by atoms with Crippen molar-refractivity contribution in [3.63, 3.8) is 0 Å². The summed E-state index contributed by atoms with van der Waals surface area (Å²) in [5.41, 5.74) is 1.23. The zero-order valence-electron chi connectivity index (χ0n) is 16.3. The van der Waals surface area contributed by atoms with Gasteiger partial charge in [0.25, 0.3) is 5.91 Å². The summed E-state index contributed by atoms with van der Waals surface area (Å²) in [7, 11) is 2.98. The molecule has 0 aromatic heterocycles. The Hall–Kier alpha value is -3.99. The highest BCUT2D eigenvalue weighted by molar-refractivity contribution is 6.07. The minimum absolute atomic E-state index is 0.149.